The van der Waals surface area contributed by atoms with Crippen LogP contribution in [0.4, 0.5) is 85.1 Å². The molecule has 2 aromatic rings. The minimum Gasteiger partial charge on any atom is -0.492 e. The van der Waals surface area contributed by atoms with Gasteiger partial charge in [0.05, 0.1) is 19.2 Å². The highest BCUT2D eigenvalue weighted by Crippen LogP contribution is 2.64. The molecule has 636 valence electrons. The zero-order valence-corrected chi connectivity index (χ0v) is 59.4. The van der Waals surface area contributed by atoms with Crippen LogP contribution < -0.4 is 76.5 Å². The Morgan fingerprint density at radius 1 is 0.558 bits per heavy atom. The molecule has 4 rings (SSSR count). The number of carboxylic acid groups (broad SMARTS) is 1. The molecule has 1 aromatic heterocycles. The second-order valence-electron chi connectivity index (χ2n) is 25.5. The molecule has 8 atom stereocenters. The number of anilines is 1. The predicted octanol–water partition coefficient (Wildman–Crippen LogP) is 0.187. The van der Waals surface area contributed by atoms with Gasteiger partial charge in [-0.3, -0.25) is 58.2 Å². The molecule has 2 fully saturated rings. The third-order valence-corrected chi connectivity index (χ3v) is 17.0. The largest absolute Gasteiger partial charge is 0.534 e. The number of hydrogen-bond acceptors (Lipinski definition) is 19. The van der Waals surface area contributed by atoms with E-state index in [0.717, 1.165) is 28.9 Å². The number of aliphatic imine (C=N–C) groups is 3. The first-order valence-corrected chi connectivity index (χ1v) is 33.6. The van der Waals surface area contributed by atoms with Crippen molar-refractivity contribution in [3.8, 4) is 11.8 Å². The van der Waals surface area contributed by atoms with Crippen molar-refractivity contribution in [2.75, 3.05) is 51.1 Å². The highest BCUT2D eigenvalue weighted by molar-refractivity contribution is 5.98. The number of halogens is 17. The summed E-state index contributed by atoms with van der Waals surface area (Å²) < 4.78 is 238. The Morgan fingerprint density at radius 3 is 1.49 bits per heavy atom. The maximum Gasteiger partial charge on any atom is 0.534 e. The average molecular weight is 1660 g/mol. The minimum absolute atomic E-state index is 0.00761. The first-order chi connectivity index (χ1) is 52.1. The van der Waals surface area contributed by atoms with Gasteiger partial charge < -0.3 is 107 Å². The van der Waals surface area contributed by atoms with E-state index < -0.39 is 211 Å². The smallest absolute Gasteiger partial charge is 0.492 e. The SMILES string of the molecule is CC(Nc1cc(O)n(OC(=O)OCc2ccc(CCC(F)(F)C(F)(F)C(F)(F)C(F)(F)C(F)(F)C(F)(F)C(F)(F)C(F)(F)F)cc2)c1O)C(=O)N1CCC[C@H]1C(=O)N[C@@H](CCCN=C(N)N)C(=O)N[C@H](C(=O)N1CCC[C@H]1C(=O)NCC(=O)NCC(=O)NC(CCCN=C(N)N)C(=O)N[C@@H](CCCN=C(N)N)C(=O)O)[C@@H](C)O. The van der Waals surface area contributed by atoms with Gasteiger partial charge in [0, 0.05) is 45.2 Å². The number of aliphatic hydroxyl groups is 1. The zero-order valence-electron chi connectivity index (χ0n) is 59.4. The number of alkyl halides is 17. The third-order valence-electron chi connectivity index (χ3n) is 17.0. The summed E-state index contributed by atoms with van der Waals surface area (Å²) in [6.45, 7) is -0.367. The molecule has 2 aliphatic heterocycles. The van der Waals surface area contributed by atoms with Gasteiger partial charge in [0.2, 0.25) is 53.1 Å². The molecule has 35 nitrogen and oxygen atoms in total. The van der Waals surface area contributed by atoms with Gasteiger partial charge in [-0.05, 0) is 95.6 Å². The number of nitrogens with zero attached hydrogens (tertiary/aromatic N) is 6. The van der Waals surface area contributed by atoms with E-state index in [1.54, 1.807) is 0 Å². The Balaban J connectivity index is 1.36. The van der Waals surface area contributed by atoms with Crippen LogP contribution in [0.1, 0.15) is 95.6 Å². The van der Waals surface area contributed by atoms with Gasteiger partial charge in [-0.15, -0.1) is 0 Å². The molecular weight excluding hydrogens is 1580 g/mol. The number of aliphatic hydroxyl groups excluding tert-OH is 1. The number of carbonyl (C=O) groups excluding carboxylic acids is 9. The summed E-state index contributed by atoms with van der Waals surface area (Å²) in [6.07, 6.45) is -15.6. The number of carboxylic acids is 1. The number of hydrogen-bond donors (Lipinski definition) is 17. The lowest BCUT2D eigenvalue weighted by atomic mass is 9.87. The molecule has 2 saturated heterocycles. The number of aliphatic carboxylic acids is 1. The monoisotopic (exact) mass is 1660 g/mol. The lowest BCUT2D eigenvalue weighted by Gasteiger charge is -2.42. The standard InChI is InChI=1S/C61H82F17N19O16/c1-28(90-35-24-40(101)97(47(35)107)113-53(111)112-27-31-15-13-30(14-16-31)17-18-54(62,63)55(64,65)56(66,67)57(68,69)58(70,71)59(72,73)60(74,75)61(76,77)78)46(106)95-22-7-12-37(95)45(105)92-33(9-4-20-86-51(81)82)43(103)94-41(29(2)98)48(108)96-23-6-11-36(96)44(104)89-25-38(99)88-26-39(100)91-32(8-3-19-85-50(79)80)42(102)93-34(49(109)110)10-5-21-87-52(83)84/h13-16,24,28-29,32-34,36-37,41,90,98,101,107H,3-12,17-23,25-27H2,1-2H3,(H,88,99)(H,89,104)(H,91,100)(H,92,105)(H,93,102)(H,94,103)(H,109,110)(H4,79,80,85)(H4,81,82,86)(H4,83,84,87)/t28?,29-,32?,33+,34+,36+,37+,41+/m1/s1. The fourth-order valence-corrected chi connectivity index (χ4v) is 11.0. The maximum absolute atomic E-state index is 14.6. The van der Waals surface area contributed by atoms with Crippen LogP contribution in [0.25, 0.3) is 0 Å². The number of ether oxygens (including phenoxy) is 1. The van der Waals surface area contributed by atoms with E-state index in [1.807, 2.05) is 0 Å². The summed E-state index contributed by atoms with van der Waals surface area (Å²) in [5, 5.41) is 58.8. The molecule has 0 radical (unpaired) electrons. The van der Waals surface area contributed by atoms with Crippen molar-refractivity contribution in [1.29, 1.82) is 0 Å². The average Bonchev–Trinajstić information content (AvgIpc) is 0.741. The summed E-state index contributed by atoms with van der Waals surface area (Å²) in [5.41, 5.74) is 30.9. The number of guanidine groups is 3. The third kappa shape index (κ3) is 23.8. The first-order valence-electron chi connectivity index (χ1n) is 33.6. The zero-order chi connectivity index (χ0) is 85.9. The fraction of sp³-hybridized carbons (Fsp3) is 0.623. The summed E-state index contributed by atoms with van der Waals surface area (Å²) >= 11 is 0. The second-order valence-corrected chi connectivity index (χ2v) is 25.5. The quantitative estimate of drug-likeness (QED) is 0.0139. The van der Waals surface area contributed by atoms with Gasteiger partial charge in [-0.1, -0.05) is 29.0 Å². The van der Waals surface area contributed by atoms with E-state index in [2.05, 4.69) is 52.2 Å². The molecule has 0 spiro atoms. The van der Waals surface area contributed by atoms with Crippen LogP contribution >= 0.6 is 0 Å². The van der Waals surface area contributed by atoms with E-state index in [9.17, 15) is 143 Å². The molecular formula is C61H82F17N19O16. The van der Waals surface area contributed by atoms with Gasteiger partial charge in [-0.2, -0.15) is 74.6 Å². The number of carbonyl (C=O) groups is 10. The number of aromatic hydroxyl groups is 2. The first kappa shape index (κ1) is 94.4. The van der Waals surface area contributed by atoms with Gasteiger partial charge >= 0.3 is 59.8 Å². The van der Waals surface area contributed by atoms with Crippen LogP contribution in [-0.2, 0) is 60.9 Å². The summed E-state index contributed by atoms with van der Waals surface area (Å²) in [7, 11) is 0. The van der Waals surface area contributed by atoms with Gasteiger partial charge in [0.15, 0.2) is 17.9 Å². The van der Waals surface area contributed by atoms with E-state index >= 15 is 0 Å². The van der Waals surface area contributed by atoms with E-state index in [-0.39, 0.29) is 125 Å². The van der Waals surface area contributed by atoms with E-state index in [1.165, 1.54) is 6.92 Å². The van der Waals surface area contributed by atoms with Crippen LogP contribution in [-0.4, -0.2) is 254 Å². The number of nitrogens with two attached hydrogens (primary N) is 6. The summed E-state index contributed by atoms with van der Waals surface area (Å²) in [4.78, 5) is 152. The molecule has 8 amide bonds. The molecule has 0 aliphatic carbocycles. The van der Waals surface area contributed by atoms with Crippen molar-refractivity contribution in [3.05, 3.63) is 41.5 Å². The van der Waals surface area contributed by atoms with Crippen molar-refractivity contribution in [2.45, 2.75) is 194 Å². The topological polar surface area (TPSA) is 559 Å². The van der Waals surface area contributed by atoms with Crippen molar-refractivity contribution in [3.63, 3.8) is 0 Å². The number of likely N-dealkylation sites (tertiary alicyclic amines) is 2. The van der Waals surface area contributed by atoms with E-state index in [4.69, 9.17) is 44.0 Å². The Hall–Kier alpha value is -11.0. The molecule has 0 saturated carbocycles. The van der Waals surface area contributed by atoms with Gasteiger partial charge in [0.25, 0.3) is 5.88 Å². The van der Waals surface area contributed by atoms with Gasteiger partial charge in [0.1, 0.15) is 54.6 Å². The highest BCUT2D eigenvalue weighted by atomic mass is 19.4. The lowest BCUT2D eigenvalue weighted by molar-refractivity contribution is -0.461. The molecule has 2 unspecified atom stereocenters. The van der Waals surface area contributed by atoms with Crippen LogP contribution in [0.15, 0.2) is 45.3 Å². The Labute approximate surface area is 627 Å². The Kier molecular flexibility index (Phi) is 32.5. The van der Waals surface area contributed by atoms with Crippen LogP contribution in [0.3, 0.4) is 0 Å². The fourth-order valence-electron chi connectivity index (χ4n) is 11.0. The maximum atomic E-state index is 14.6. The molecule has 23 N–H and O–H groups in total. The minimum atomic E-state index is -8.78. The molecule has 3 heterocycles. The Bertz CT molecular complexity index is 3790. The van der Waals surface area contributed by atoms with Crippen LogP contribution in [0.5, 0.6) is 11.8 Å². The van der Waals surface area contributed by atoms with E-state index in [0.29, 0.717) is 18.2 Å². The van der Waals surface area contributed by atoms with Crippen LogP contribution in [0.2, 0.25) is 0 Å². The number of benzene rings is 1. The van der Waals surface area contributed by atoms with Crippen molar-refractivity contribution < 1.29 is 153 Å². The predicted molar refractivity (Wildman–Crippen MR) is 355 cm³/mol. The molecule has 0 bridgehead atoms. The van der Waals surface area contributed by atoms with Crippen LogP contribution in [0, 0.1) is 0 Å². The number of rotatable bonds is 42. The summed E-state index contributed by atoms with van der Waals surface area (Å²) in [5.74, 6) is -69.5. The van der Waals surface area contributed by atoms with Gasteiger partial charge in [-0.25, -0.2) is 9.59 Å². The second kappa shape index (κ2) is 39.0. The van der Waals surface area contributed by atoms with Crippen molar-refractivity contribution in [1.82, 2.24) is 46.4 Å². The molecule has 1 aromatic carbocycles. The number of nitrogens with one attached hydrogen (secondary N) is 7. The normalized spacial score (nSPS) is 16.7. The Morgan fingerprint density at radius 2 is 1.00 bits per heavy atom. The number of aromatic nitrogens is 1. The molecule has 2 aliphatic rings. The lowest BCUT2D eigenvalue weighted by Crippen LogP contribution is -2.74. The van der Waals surface area contributed by atoms with Crippen molar-refractivity contribution >= 4 is 82.9 Å². The molecule has 52 heteroatoms. The van der Waals surface area contributed by atoms with Crippen molar-refractivity contribution in [2.24, 2.45) is 49.4 Å². The number of aryl methyl sites for hydroxylation is 1. The molecule has 113 heavy (non-hydrogen) atoms. The summed E-state index contributed by atoms with van der Waals surface area (Å²) in [6, 6.07) is -6.51. The highest BCUT2D eigenvalue weighted by Gasteiger charge is 2.95. The number of amides is 8.